The van der Waals surface area contributed by atoms with Crippen LogP contribution in [0.4, 0.5) is 0 Å². The van der Waals surface area contributed by atoms with E-state index in [9.17, 15) is 4.79 Å². The van der Waals surface area contributed by atoms with Crippen molar-refractivity contribution in [2.24, 2.45) is 0 Å². The molecule has 3 rings (SSSR count). The molecule has 0 aliphatic carbocycles. The lowest BCUT2D eigenvalue weighted by molar-refractivity contribution is -0.124. The van der Waals surface area contributed by atoms with Gasteiger partial charge in [-0.1, -0.05) is 54.6 Å². The lowest BCUT2D eigenvalue weighted by atomic mass is 10.0. The first-order valence-corrected chi connectivity index (χ1v) is 9.40. The number of benzene rings is 3. The summed E-state index contributed by atoms with van der Waals surface area (Å²) in [5.41, 5.74) is 3.42. The molecule has 4 heteroatoms. The number of hydrogen-bond acceptors (Lipinski definition) is 3. The Morgan fingerprint density at radius 2 is 1.52 bits per heavy atom. The first kappa shape index (κ1) is 20.2. The van der Waals surface area contributed by atoms with E-state index in [-0.39, 0.29) is 5.91 Å². The van der Waals surface area contributed by atoms with Gasteiger partial charge in [-0.3, -0.25) is 4.79 Å². The number of likely N-dealkylation sites (N-methyl/N-ethyl adjacent to an activating group) is 1. The number of nitrogens with zero attached hydrogens (tertiary/aromatic N) is 1. The fourth-order valence-electron chi connectivity index (χ4n) is 3.11. The van der Waals surface area contributed by atoms with E-state index in [1.54, 1.807) is 19.1 Å². The Hall–Kier alpha value is -3.53. The maximum Gasteiger partial charge on any atom is 0.254 e. The fraction of sp³-hybridized carbons (Fsp3) is 0.160. The van der Waals surface area contributed by atoms with Crippen LogP contribution in [0.1, 0.15) is 16.7 Å². The predicted octanol–water partition coefficient (Wildman–Crippen LogP) is 4.90. The second-order valence-electron chi connectivity index (χ2n) is 6.71. The summed E-state index contributed by atoms with van der Waals surface area (Å²) in [4.78, 5) is 15.1. The first-order valence-electron chi connectivity index (χ1n) is 9.40. The smallest absolute Gasteiger partial charge is 0.254 e. The van der Waals surface area contributed by atoms with E-state index < -0.39 is 0 Å². The first-order chi connectivity index (χ1) is 14.1. The van der Waals surface area contributed by atoms with Crippen molar-refractivity contribution in [1.29, 1.82) is 0 Å². The molecule has 0 bridgehead atoms. The van der Waals surface area contributed by atoms with Crippen LogP contribution in [-0.2, 0) is 11.3 Å². The van der Waals surface area contributed by atoms with Gasteiger partial charge < -0.3 is 14.4 Å². The van der Waals surface area contributed by atoms with Crippen LogP contribution in [0.25, 0.3) is 11.6 Å². The predicted molar refractivity (Wildman–Crippen MR) is 117 cm³/mol. The van der Waals surface area contributed by atoms with Gasteiger partial charge in [0.25, 0.3) is 5.91 Å². The quantitative estimate of drug-likeness (QED) is 0.427. The third-order valence-corrected chi connectivity index (χ3v) is 4.62. The number of ether oxygens (including phenoxy) is 2. The third-order valence-electron chi connectivity index (χ3n) is 4.62. The van der Waals surface area contributed by atoms with Gasteiger partial charge >= 0.3 is 0 Å². The zero-order valence-electron chi connectivity index (χ0n) is 17.0. The lowest BCUT2D eigenvalue weighted by Gasteiger charge is -2.20. The van der Waals surface area contributed by atoms with Gasteiger partial charge in [0.1, 0.15) is 11.5 Å². The fourth-order valence-corrected chi connectivity index (χ4v) is 3.11. The van der Waals surface area contributed by atoms with Crippen molar-refractivity contribution in [3.8, 4) is 11.5 Å². The maximum atomic E-state index is 13.4. The van der Waals surface area contributed by atoms with Crippen LogP contribution in [0.2, 0.25) is 0 Å². The molecule has 3 aromatic carbocycles. The molecule has 29 heavy (non-hydrogen) atoms. The Labute approximate surface area is 172 Å². The van der Waals surface area contributed by atoms with Crippen LogP contribution < -0.4 is 9.47 Å². The normalized spacial score (nSPS) is 11.1. The van der Waals surface area contributed by atoms with Crippen LogP contribution >= 0.6 is 0 Å². The highest BCUT2D eigenvalue weighted by Gasteiger charge is 2.17. The van der Waals surface area contributed by atoms with Crippen LogP contribution in [0.3, 0.4) is 0 Å². The molecule has 0 aromatic heterocycles. The molecule has 0 aliphatic heterocycles. The number of carbonyl (C=O) groups excluding carboxylic acids is 1. The molecule has 0 spiro atoms. The van der Waals surface area contributed by atoms with E-state index in [0.717, 1.165) is 28.2 Å². The van der Waals surface area contributed by atoms with Crippen LogP contribution in [-0.4, -0.2) is 32.1 Å². The molecule has 148 valence electrons. The molecule has 1 amide bonds. The average molecular weight is 387 g/mol. The molecule has 0 atom stereocenters. The molecule has 0 radical (unpaired) electrons. The van der Waals surface area contributed by atoms with E-state index in [2.05, 4.69) is 0 Å². The van der Waals surface area contributed by atoms with Gasteiger partial charge in [-0.05, 0) is 47.0 Å². The molecule has 0 heterocycles. The summed E-state index contributed by atoms with van der Waals surface area (Å²) in [7, 11) is 5.08. The van der Waals surface area contributed by atoms with Gasteiger partial charge in [0.2, 0.25) is 0 Å². The van der Waals surface area contributed by atoms with Crippen molar-refractivity contribution in [3.05, 3.63) is 95.6 Å². The minimum absolute atomic E-state index is 0.0539. The van der Waals surface area contributed by atoms with Crippen molar-refractivity contribution < 1.29 is 14.3 Å². The van der Waals surface area contributed by atoms with Crippen molar-refractivity contribution in [2.75, 3.05) is 21.3 Å². The van der Waals surface area contributed by atoms with Gasteiger partial charge in [-0.2, -0.15) is 0 Å². The van der Waals surface area contributed by atoms with Crippen molar-refractivity contribution in [3.63, 3.8) is 0 Å². The molecule has 0 fully saturated rings. The van der Waals surface area contributed by atoms with E-state index in [1.165, 1.54) is 0 Å². The number of methoxy groups -OCH3 is 2. The number of amides is 1. The van der Waals surface area contributed by atoms with E-state index in [4.69, 9.17) is 9.47 Å². The highest BCUT2D eigenvalue weighted by molar-refractivity contribution is 6.24. The molecule has 4 nitrogen and oxygen atoms in total. The average Bonchev–Trinajstić information content (AvgIpc) is 2.77. The summed E-state index contributed by atoms with van der Waals surface area (Å²) in [6.45, 7) is 0.484. The standard InChI is InChI=1S/C25H25NO3/c1-26(18-20-10-8-14-23(16-20)29-3)25(27)24(21-11-5-4-6-12-21)17-19-9-7-13-22(15-19)28-2/h4-17H,18H2,1-3H3. The van der Waals surface area contributed by atoms with Gasteiger partial charge in [0, 0.05) is 19.2 Å². The summed E-state index contributed by atoms with van der Waals surface area (Å²) in [6, 6.07) is 25.1. The summed E-state index contributed by atoms with van der Waals surface area (Å²) < 4.78 is 10.6. The zero-order chi connectivity index (χ0) is 20.6. The molecule has 0 saturated heterocycles. The van der Waals surface area contributed by atoms with E-state index in [1.807, 2.05) is 92.0 Å². The molecule has 0 aliphatic rings. The van der Waals surface area contributed by atoms with Crippen LogP contribution in [0.5, 0.6) is 11.5 Å². The second-order valence-corrected chi connectivity index (χ2v) is 6.71. The second kappa shape index (κ2) is 9.60. The van der Waals surface area contributed by atoms with Gasteiger partial charge in [-0.25, -0.2) is 0 Å². The van der Waals surface area contributed by atoms with Crippen molar-refractivity contribution >= 4 is 17.6 Å². The summed E-state index contributed by atoms with van der Waals surface area (Å²) in [5.74, 6) is 1.48. The zero-order valence-corrected chi connectivity index (χ0v) is 17.0. The Bertz CT molecular complexity index is 996. The number of carbonyl (C=O) groups is 1. The Morgan fingerprint density at radius 3 is 2.21 bits per heavy atom. The van der Waals surface area contributed by atoms with Crippen molar-refractivity contribution in [2.45, 2.75) is 6.54 Å². The summed E-state index contributed by atoms with van der Waals surface area (Å²) >= 11 is 0. The monoisotopic (exact) mass is 387 g/mol. The Kier molecular flexibility index (Phi) is 6.69. The Balaban J connectivity index is 1.92. The maximum absolute atomic E-state index is 13.4. The van der Waals surface area contributed by atoms with Gasteiger partial charge in [0.05, 0.1) is 14.2 Å². The van der Waals surface area contributed by atoms with E-state index >= 15 is 0 Å². The lowest BCUT2D eigenvalue weighted by Crippen LogP contribution is -2.27. The topological polar surface area (TPSA) is 38.8 Å². The molecule has 0 N–H and O–H groups in total. The van der Waals surface area contributed by atoms with Gasteiger partial charge in [0.15, 0.2) is 0 Å². The molecule has 0 unspecified atom stereocenters. The van der Waals surface area contributed by atoms with E-state index in [0.29, 0.717) is 12.1 Å². The SMILES string of the molecule is COc1cccc(C=C(C(=O)N(C)Cc2cccc(OC)c2)c2ccccc2)c1. The molecule has 3 aromatic rings. The molecule has 0 saturated carbocycles. The van der Waals surface area contributed by atoms with Crippen molar-refractivity contribution in [1.82, 2.24) is 4.90 Å². The highest BCUT2D eigenvalue weighted by Crippen LogP contribution is 2.24. The third kappa shape index (κ3) is 5.26. The minimum atomic E-state index is -0.0539. The van der Waals surface area contributed by atoms with Crippen LogP contribution in [0, 0.1) is 0 Å². The summed E-state index contributed by atoms with van der Waals surface area (Å²) in [6.07, 6.45) is 1.91. The van der Waals surface area contributed by atoms with Gasteiger partial charge in [-0.15, -0.1) is 0 Å². The summed E-state index contributed by atoms with van der Waals surface area (Å²) in [5, 5.41) is 0. The largest absolute Gasteiger partial charge is 0.497 e. The number of hydrogen-bond donors (Lipinski definition) is 0. The number of rotatable bonds is 7. The molecular weight excluding hydrogens is 362 g/mol. The molecular formula is C25H25NO3. The minimum Gasteiger partial charge on any atom is -0.497 e. The van der Waals surface area contributed by atoms with Crippen LogP contribution in [0.15, 0.2) is 78.9 Å². The Morgan fingerprint density at radius 1 is 0.862 bits per heavy atom. The highest BCUT2D eigenvalue weighted by atomic mass is 16.5.